The van der Waals surface area contributed by atoms with E-state index in [0.717, 1.165) is 25.7 Å². The van der Waals surface area contributed by atoms with Gasteiger partial charge in [0.25, 0.3) is 0 Å². The van der Waals surface area contributed by atoms with Gasteiger partial charge in [-0.25, -0.2) is 0 Å². The highest BCUT2D eigenvalue weighted by Gasteiger charge is 2.04. The van der Waals surface area contributed by atoms with Crippen molar-refractivity contribution in [3.63, 3.8) is 0 Å². The lowest BCUT2D eigenvalue weighted by Crippen LogP contribution is -2.05. The molecule has 0 aliphatic heterocycles. The fourth-order valence-corrected chi connectivity index (χ4v) is 6.28. The Balaban J connectivity index is 0. The zero-order chi connectivity index (χ0) is 34.7. The van der Waals surface area contributed by atoms with E-state index in [0.29, 0.717) is 13.0 Å². The third kappa shape index (κ3) is 47.3. The second-order valence-corrected chi connectivity index (χ2v) is 14.4. The molecule has 0 aliphatic rings. The standard InChI is InChI=1S/C24H50O.C20H38O2/c1-3-5-7-9-11-13-14-15-17-19-21-23-24(25)22-20-18-16-12-10-8-6-4-2;1-3-5-6-7-8-9-10-11-12-13-14-15-16-17-18-19-20(21)22-4-2/h24-25H,3-23H2,1-2H3;11-12H,3-10,13-19H2,1-2H3/b;12-11-. The van der Waals surface area contributed by atoms with Crippen molar-refractivity contribution in [2.45, 2.75) is 259 Å². The molecular weight excluding hydrogens is 576 g/mol. The lowest BCUT2D eigenvalue weighted by Gasteiger charge is -2.10. The molecule has 0 spiro atoms. The Kier molecular flexibility index (Phi) is 46.4. The molecule has 0 heterocycles. The van der Waals surface area contributed by atoms with Crippen LogP contribution in [-0.2, 0) is 9.53 Å². The molecule has 1 N–H and O–H groups in total. The van der Waals surface area contributed by atoms with Crippen molar-refractivity contribution >= 4 is 5.97 Å². The predicted octanol–water partition coefficient (Wildman–Crippen LogP) is 15.2. The van der Waals surface area contributed by atoms with Crippen LogP contribution in [0.4, 0.5) is 0 Å². The summed E-state index contributed by atoms with van der Waals surface area (Å²) in [5.74, 6) is -0.0415. The topological polar surface area (TPSA) is 46.5 Å². The van der Waals surface area contributed by atoms with Gasteiger partial charge in [-0.05, 0) is 51.9 Å². The van der Waals surface area contributed by atoms with E-state index in [4.69, 9.17) is 4.74 Å². The summed E-state index contributed by atoms with van der Waals surface area (Å²) in [4.78, 5) is 11.1. The van der Waals surface area contributed by atoms with Crippen LogP contribution in [0.2, 0.25) is 0 Å². The molecule has 0 aliphatic carbocycles. The molecule has 1 atom stereocenters. The molecule has 0 rings (SSSR count). The number of rotatable bonds is 37. The van der Waals surface area contributed by atoms with Crippen LogP contribution in [0.5, 0.6) is 0 Å². The first-order valence-corrected chi connectivity index (χ1v) is 21.6. The zero-order valence-corrected chi connectivity index (χ0v) is 33.0. The van der Waals surface area contributed by atoms with Crippen LogP contribution in [0.3, 0.4) is 0 Å². The van der Waals surface area contributed by atoms with Crippen molar-refractivity contribution in [3.8, 4) is 0 Å². The SMILES string of the molecule is CCCCCCCC/C=C\CCCCCCCC(=O)OCC.CCCCCCCCCCCCCC(O)CCCCCCCCCC. The average molecular weight is 665 g/mol. The van der Waals surface area contributed by atoms with Gasteiger partial charge in [0.05, 0.1) is 12.7 Å². The van der Waals surface area contributed by atoms with E-state index in [1.807, 2.05) is 6.92 Å². The first-order valence-electron chi connectivity index (χ1n) is 21.6. The molecule has 0 saturated heterocycles. The number of carbonyl (C=O) groups excluding carboxylic acids is 1. The molecule has 1 unspecified atom stereocenters. The number of carbonyl (C=O) groups is 1. The molecule has 0 aromatic heterocycles. The maximum atomic E-state index is 11.1. The lowest BCUT2D eigenvalue weighted by molar-refractivity contribution is -0.143. The number of aliphatic hydroxyl groups is 1. The fourth-order valence-electron chi connectivity index (χ4n) is 6.28. The van der Waals surface area contributed by atoms with Crippen molar-refractivity contribution in [2.24, 2.45) is 0 Å². The summed E-state index contributed by atoms with van der Waals surface area (Å²) >= 11 is 0. The van der Waals surface area contributed by atoms with Crippen LogP contribution >= 0.6 is 0 Å². The van der Waals surface area contributed by atoms with Gasteiger partial charge in [0.1, 0.15) is 0 Å². The Morgan fingerprint density at radius 3 is 1.09 bits per heavy atom. The highest BCUT2D eigenvalue weighted by molar-refractivity contribution is 5.69. The van der Waals surface area contributed by atoms with Gasteiger partial charge in [-0.1, -0.05) is 206 Å². The third-order valence-electron chi connectivity index (χ3n) is 9.48. The fraction of sp³-hybridized carbons (Fsp3) is 0.932. The lowest BCUT2D eigenvalue weighted by atomic mass is 10.0. The van der Waals surface area contributed by atoms with Gasteiger partial charge < -0.3 is 9.84 Å². The zero-order valence-electron chi connectivity index (χ0n) is 33.0. The molecule has 0 aromatic rings. The van der Waals surface area contributed by atoms with Crippen molar-refractivity contribution in [1.29, 1.82) is 0 Å². The van der Waals surface area contributed by atoms with Gasteiger partial charge in [0.2, 0.25) is 0 Å². The number of hydrogen-bond acceptors (Lipinski definition) is 3. The number of allylic oxidation sites excluding steroid dienone is 2. The smallest absolute Gasteiger partial charge is 0.305 e. The molecule has 0 saturated carbocycles. The van der Waals surface area contributed by atoms with Crippen LogP contribution in [0, 0.1) is 0 Å². The molecule has 282 valence electrons. The first kappa shape index (κ1) is 48.3. The molecule has 3 heteroatoms. The van der Waals surface area contributed by atoms with Crippen LogP contribution < -0.4 is 0 Å². The van der Waals surface area contributed by atoms with Crippen molar-refractivity contribution in [1.82, 2.24) is 0 Å². The van der Waals surface area contributed by atoms with Crippen LogP contribution in [0.25, 0.3) is 0 Å². The molecule has 0 amide bonds. The van der Waals surface area contributed by atoms with E-state index in [1.165, 1.54) is 193 Å². The van der Waals surface area contributed by atoms with Gasteiger partial charge in [0, 0.05) is 6.42 Å². The van der Waals surface area contributed by atoms with E-state index >= 15 is 0 Å². The summed E-state index contributed by atoms with van der Waals surface area (Å²) in [5, 5.41) is 10.1. The number of hydrogen-bond donors (Lipinski definition) is 1. The highest BCUT2D eigenvalue weighted by atomic mass is 16.5. The van der Waals surface area contributed by atoms with Gasteiger partial charge in [0.15, 0.2) is 0 Å². The number of esters is 1. The van der Waals surface area contributed by atoms with Crippen molar-refractivity contribution in [2.75, 3.05) is 6.61 Å². The number of ether oxygens (including phenoxy) is 1. The van der Waals surface area contributed by atoms with E-state index in [9.17, 15) is 9.90 Å². The summed E-state index contributed by atoms with van der Waals surface area (Å²) in [6.45, 7) is 9.19. The minimum atomic E-state index is -0.0415. The monoisotopic (exact) mass is 665 g/mol. The van der Waals surface area contributed by atoms with E-state index in [1.54, 1.807) is 0 Å². The Morgan fingerprint density at radius 2 is 0.745 bits per heavy atom. The summed E-state index contributed by atoms with van der Waals surface area (Å²) in [5.41, 5.74) is 0. The number of unbranched alkanes of at least 4 members (excludes halogenated alkanes) is 28. The van der Waals surface area contributed by atoms with E-state index in [-0.39, 0.29) is 12.1 Å². The van der Waals surface area contributed by atoms with Crippen LogP contribution in [-0.4, -0.2) is 23.8 Å². The maximum absolute atomic E-state index is 11.1. The molecule has 0 radical (unpaired) electrons. The summed E-state index contributed by atoms with van der Waals surface area (Å²) in [6, 6.07) is 0. The number of aliphatic hydroxyl groups excluding tert-OH is 1. The highest BCUT2D eigenvalue weighted by Crippen LogP contribution is 2.16. The molecule has 0 aromatic carbocycles. The minimum absolute atomic E-state index is 0.0290. The van der Waals surface area contributed by atoms with Crippen molar-refractivity contribution < 1.29 is 14.6 Å². The van der Waals surface area contributed by atoms with Gasteiger partial charge >= 0.3 is 5.97 Å². The van der Waals surface area contributed by atoms with E-state index in [2.05, 4.69) is 32.9 Å². The Hall–Kier alpha value is -0.830. The van der Waals surface area contributed by atoms with Gasteiger partial charge in [-0.2, -0.15) is 0 Å². The predicted molar refractivity (Wildman–Crippen MR) is 210 cm³/mol. The quantitative estimate of drug-likeness (QED) is 0.0408. The van der Waals surface area contributed by atoms with E-state index < -0.39 is 0 Å². The average Bonchev–Trinajstić information content (AvgIpc) is 3.07. The normalized spacial score (nSPS) is 11.9. The first-order chi connectivity index (χ1) is 23.1. The Labute approximate surface area is 297 Å². The third-order valence-corrected chi connectivity index (χ3v) is 9.48. The Bertz CT molecular complexity index is 587. The Morgan fingerprint density at radius 1 is 0.447 bits per heavy atom. The van der Waals surface area contributed by atoms with Crippen LogP contribution in [0.1, 0.15) is 252 Å². The second kappa shape index (κ2) is 45.2. The summed E-state index contributed by atoms with van der Waals surface area (Å²) < 4.78 is 4.91. The minimum Gasteiger partial charge on any atom is -0.466 e. The largest absolute Gasteiger partial charge is 0.466 e. The molecule has 47 heavy (non-hydrogen) atoms. The summed E-state index contributed by atoms with van der Waals surface area (Å²) in [6.07, 6.45) is 50.2. The summed E-state index contributed by atoms with van der Waals surface area (Å²) in [7, 11) is 0. The molecule has 3 nitrogen and oxygen atoms in total. The van der Waals surface area contributed by atoms with Gasteiger partial charge in [-0.3, -0.25) is 4.79 Å². The molecule has 0 bridgehead atoms. The second-order valence-electron chi connectivity index (χ2n) is 14.4. The van der Waals surface area contributed by atoms with Crippen molar-refractivity contribution in [3.05, 3.63) is 12.2 Å². The van der Waals surface area contributed by atoms with Gasteiger partial charge in [-0.15, -0.1) is 0 Å². The molecule has 0 fully saturated rings. The molecular formula is C44H88O3. The maximum Gasteiger partial charge on any atom is 0.305 e. The van der Waals surface area contributed by atoms with Crippen LogP contribution in [0.15, 0.2) is 12.2 Å².